The van der Waals surface area contributed by atoms with Crippen molar-refractivity contribution in [1.82, 2.24) is 9.38 Å². The van der Waals surface area contributed by atoms with Crippen LogP contribution < -0.4 is 16.0 Å². The maximum Gasteiger partial charge on any atom is 0.274 e. The Kier molecular flexibility index (Phi) is 2.49. The van der Waals surface area contributed by atoms with Gasteiger partial charge >= 0.3 is 0 Å². The van der Waals surface area contributed by atoms with Gasteiger partial charge in [0.25, 0.3) is 11.5 Å². The third-order valence-electron chi connectivity index (χ3n) is 2.76. The largest absolute Gasteiger partial charge is 0.495 e. The minimum absolute atomic E-state index is 0.103. The molecule has 0 fully saturated rings. The molecular formula is C12H9N3O3S. The molecule has 0 saturated heterocycles. The molecule has 2 aromatic heterocycles. The van der Waals surface area contributed by atoms with Gasteiger partial charge in [-0.2, -0.15) is 4.98 Å². The molecule has 2 heterocycles. The van der Waals surface area contributed by atoms with Gasteiger partial charge in [-0.05, 0) is 12.1 Å². The van der Waals surface area contributed by atoms with Crippen molar-refractivity contribution >= 4 is 32.4 Å². The van der Waals surface area contributed by atoms with Gasteiger partial charge in [0.1, 0.15) is 17.0 Å². The molecule has 19 heavy (non-hydrogen) atoms. The SMILES string of the molecule is COc1cccc2sc3nc(=O)cc(C(N)=O)n3c12. The molecule has 3 aromatic rings. The number of primary amides is 1. The summed E-state index contributed by atoms with van der Waals surface area (Å²) in [5.74, 6) is -0.0863. The molecule has 3 rings (SSSR count). The third kappa shape index (κ3) is 1.66. The number of methoxy groups -OCH3 is 1. The van der Waals surface area contributed by atoms with Crippen molar-refractivity contribution < 1.29 is 9.53 Å². The summed E-state index contributed by atoms with van der Waals surface area (Å²) in [7, 11) is 1.54. The highest BCUT2D eigenvalue weighted by Gasteiger charge is 2.16. The van der Waals surface area contributed by atoms with Gasteiger partial charge in [-0.3, -0.25) is 14.0 Å². The number of aromatic nitrogens is 2. The Labute approximate surface area is 111 Å². The highest BCUT2D eigenvalue weighted by atomic mass is 32.1. The fraction of sp³-hybridized carbons (Fsp3) is 0.0833. The number of fused-ring (bicyclic) bond motifs is 3. The average molecular weight is 275 g/mol. The van der Waals surface area contributed by atoms with Crippen molar-refractivity contribution in [2.24, 2.45) is 5.73 Å². The van der Waals surface area contributed by atoms with Crippen LogP contribution in [0.25, 0.3) is 15.2 Å². The number of ether oxygens (including phenoxy) is 1. The lowest BCUT2D eigenvalue weighted by molar-refractivity contribution is 0.0994. The molecule has 0 spiro atoms. The predicted octanol–water partition coefficient (Wildman–Crippen LogP) is 1.02. The van der Waals surface area contributed by atoms with E-state index in [-0.39, 0.29) is 5.69 Å². The number of para-hydroxylation sites is 1. The molecule has 0 aliphatic rings. The van der Waals surface area contributed by atoms with Crippen LogP contribution in [0.2, 0.25) is 0 Å². The molecule has 0 aliphatic carbocycles. The topological polar surface area (TPSA) is 86.7 Å². The zero-order valence-corrected chi connectivity index (χ0v) is 10.7. The van der Waals surface area contributed by atoms with Gasteiger partial charge in [0.15, 0.2) is 4.96 Å². The van der Waals surface area contributed by atoms with Gasteiger partial charge in [-0.25, -0.2) is 0 Å². The van der Waals surface area contributed by atoms with Crippen molar-refractivity contribution in [3.05, 3.63) is 40.3 Å². The smallest absolute Gasteiger partial charge is 0.274 e. The molecule has 0 saturated carbocycles. The number of benzene rings is 1. The molecule has 0 bridgehead atoms. The van der Waals surface area contributed by atoms with Gasteiger partial charge in [0.2, 0.25) is 0 Å². The molecule has 1 aromatic carbocycles. The van der Waals surface area contributed by atoms with Gasteiger partial charge in [0, 0.05) is 6.07 Å². The van der Waals surface area contributed by atoms with E-state index < -0.39 is 11.5 Å². The minimum Gasteiger partial charge on any atom is -0.495 e. The molecule has 6 nitrogen and oxygen atoms in total. The number of nitrogens with zero attached hydrogens (tertiary/aromatic N) is 2. The molecule has 7 heteroatoms. The molecule has 0 unspecified atom stereocenters. The first-order valence-corrected chi connectivity index (χ1v) is 6.22. The summed E-state index contributed by atoms with van der Waals surface area (Å²) >= 11 is 1.30. The summed E-state index contributed by atoms with van der Waals surface area (Å²) in [6, 6.07) is 6.61. The molecule has 96 valence electrons. The molecule has 0 radical (unpaired) electrons. The first-order valence-electron chi connectivity index (χ1n) is 5.41. The fourth-order valence-electron chi connectivity index (χ4n) is 1.99. The first-order chi connectivity index (χ1) is 9.11. The van der Waals surface area contributed by atoms with E-state index in [0.717, 1.165) is 10.8 Å². The summed E-state index contributed by atoms with van der Waals surface area (Å²) in [6.45, 7) is 0. The van der Waals surface area contributed by atoms with Crippen LogP contribution in [0.4, 0.5) is 0 Å². The van der Waals surface area contributed by atoms with E-state index in [9.17, 15) is 9.59 Å². The Hall–Kier alpha value is -2.41. The standard InChI is InChI=1S/C12H9N3O3S/c1-18-7-3-2-4-8-10(7)15-6(11(13)17)5-9(16)14-12(15)19-8/h2-5H,1H3,(H2,13,17). The maximum absolute atomic E-state index is 11.5. The lowest BCUT2D eigenvalue weighted by Crippen LogP contribution is -2.20. The van der Waals surface area contributed by atoms with Gasteiger partial charge in [-0.1, -0.05) is 17.4 Å². The highest BCUT2D eigenvalue weighted by Crippen LogP contribution is 2.32. The van der Waals surface area contributed by atoms with Crippen LogP contribution in [-0.2, 0) is 0 Å². The van der Waals surface area contributed by atoms with Crippen molar-refractivity contribution in [2.45, 2.75) is 0 Å². The van der Waals surface area contributed by atoms with Crippen LogP contribution in [0.3, 0.4) is 0 Å². The normalized spacial score (nSPS) is 11.0. The van der Waals surface area contributed by atoms with Gasteiger partial charge < -0.3 is 10.5 Å². The van der Waals surface area contributed by atoms with Crippen LogP contribution in [0.5, 0.6) is 5.75 Å². The number of carbonyl (C=O) groups excluding carboxylic acids is 1. The van der Waals surface area contributed by atoms with Crippen LogP contribution in [0, 0.1) is 0 Å². The highest BCUT2D eigenvalue weighted by molar-refractivity contribution is 7.23. The van der Waals surface area contributed by atoms with Crippen molar-refractivity contribution in [1.29, 1.82) is 0 Å². The second kappa shape index (κ2) is 4.06. The van der Waals surface area contributed by atoms with Crippen LogP contribution >= 0.6 is 11.3 Å². The second-order valence-electron chi connectivity index (χ2n) is 3.87. The quantitative estimate of drug-likeness (QED) is 0.756. The van der Waals surface area contributed by atoms with Gasteiger partial charge in [-0.15, -0.1) is 0 Å². The maximum atomic E-state index is 11.5. The summed E-state index contributed by atoms with van der Waals surface area (Å²) in [4.78, 5) is 27.3. The Balaban J connectivity index is 2.62. The van der Waals surface area contributed by atoms with Crippen LogP contribution in [-0.4, -0.2) is 22.4 Å². The Morgan fingerprint density at radius 3 is 2.95 bits per heavy atom. The third-order valence-corrected chi connectivity index (χ3v) is 3.76. The van der Waals surface area contributed by atoms with E-state index in [1.807, 2.05) is 12.1 Å². The Bertz CT molecular complexity index is 866. The average Bonchev–Trinajstić information content (AvgIpc) is 2.75. The molecule has 2 N–H and O–H groups in total. The molecule has 0 aliphatic heterocycles. The summed E-state index contributed by atoms with van der Waals surface area (Å²) in [6.07, 6.45) is 0. The Morgan fingerprint density at radius 2 is 2.26 bits per heavy atom. The number of amides is 1. The zero-order valence-electron chi connectivity index (χ0n) is 9.91. The van der Waals surface area contributed by atoms with Crippen molar-refractivity contribution in [3.8, 4) is 5.75 Å². The summed E-state index contributed by atoms with van der Waals surface area (Å²) < 4.78 is 7.71. The summed E-state index contributed by atoms with van der Waals surface area (Å²) in [5.41, 5.74) is 5.63. The number of nitrogens with two attached hydrogens (primary N) is 1. The number of hydrogen-bond acceptors (Lipinski definition) is 5. The van der Waals surface area contributed by atoms with Crippen molar-refractivity contribution in [2.75, 3.05) is 7.11 Å². The fourth-order valence-corrected chi connectivity index (χ4v) is 3.04. The van der Waals surface area contributed by atoms with E-state index in [0.29, 0.717) is 16.2 Å². The minimum atomic E-state index is -0.680. The zero-order chi connectivity index (χ0) is 13.6. The lowest BCUT2D eigenvalue weighted by atomic mass is 10.3. The number of thiazole rings is 1. The second-order valence-corrected chi connectivity index (χ2v) is 4.88. The molecule has 0 atom stereocenters. The van der Waals surface area contributed by atoms with Crippen LogP contribution in [0.1, 0.15) is 10.5 Å². The van der Waals surface area contributed by atoms with E-state index in [4.69, 9.17) is 10.5 Å². The van der Waals surface area contributed by atoms with E-state index in [2.05, 4.69) is 4.98 Å². The first kappa shape index (κ1) is 11.7. The number of carbonyl (C=O) groups is 1. The van der Waals surface area contributed by atoms with E-state index in [1.54, 1.807) is 10.5 Å². The van der Waals surface area contributed by atoms with Crippen molar-refractivity contribution in [3.63, 3.8) is 0 Å². The van der Waals surface area contributed by atoms with Gasteiger partial charge in [0.05, 0.1) is 11.8 Å². The Morgan fingerprint density at radius 1 is 1.47 bits per heavy atom. The molecular weight excluding hydrogens is 266 g/mol. The monoisotopic (exact) mass is 275 g/mol. The molecule has 1 amide bonds. The lowest BCUT2D eigenvalue weighted by Gasteiger charge is -2.05. The number of hydrogen-bond donors (Lipinski definition) is 1. The van der Waals surface area contributed by atoms with E-state index >= 15 is 0 Å². The van der Waals surface area contributed by atoms with E-state index in [1.165, 1.54) is 18.4 Å². The summed E-state index contributed by atoms with van der Waals surface area (Å²) in [5, 5.41) is 0. The predicted molar refractivity (Wildman–Crippen MR) is 71.9 cm³/mol. The van der Waals surface area contributed by atoms with Crippen LogP contribution in [0.15, 0.2) is 29.1 Å². The number of rotatable bonds is 2.